The number of hydrogen-bond donors (Lipinski definition) is 1. The van der Waals surface area contributed by atoms with Crippen molar-refractivity contribution in [1.29, 1.82) is 0 Å². The van der Waals surface area contributed by atoms with Gasteiger partial charge in [0.25, 0.3) is 0 Å². The van der Waals surface area contributed by atoms with Gasteiger partial charge in [0.15, 0.2) is 0 Å². The molecule has 5 nitrogen and oxygen atoms in total. The van der Waals surface area contributed by atoms with Gasteiger partial charge in [-0.15, -0.1) is 11.3 Å². The molecule has 0 bridgehead atoms. The van der Waals surface area contributed by atoms with Gasteiger partial charge in [-0.2, -0.15) is 15.6 Å². The fourth-order valence-corrected chi connectivity index (χ4v) is 6.12. The van der Waals surface area contributed by atoms with Gasteiger partial charge >= 0.3 is 0 Å². The van der Waals surface area contributed by atoms with Crippen LogP contribution in [-0.4, -0.2) is 43.9 Å². The number of aromatic nitrogens is 1. The van der Waals surface area contributed by atoms with Crippen LogP contribution in [0.5, 0.6) is 0 Å². The van der Waals surface area contributed by atoms with E-state index in [0.717, 1.165) is 30.3 Å². The molecule has 1 aliphatic rings. The third kappa shape index (κ3) is 3.74. The molecule has 4 rings (SSSR count). The summed E-state index contributed by atoms with van der Waals surface area (Å²) in [7, 11) is -3.38. The maximum Gasteiger partial charge on any atom is 0.243 e. The van der Waals surface area contributed by atoms with E-state index < -0.39 is 10.0 Å². The van der Waals surface area contributed by atoms with Gasteiger partial charge in [0.1, 0.15) is 17.2 Å². The highest BCUT2D eigenvalue weighted by Crippen LogP contribution is 2.25. The van der Waals surface area contributed by atoms with E-state index in [4.69, 9.17) is 4.98 Å². The summed E-state index contributed by atoms with van der Waals surface area (Å²) in [5.74, 6) is 0. The summed E-state index contributed by atoms with van der Waals surface area (Å²) >= 11 is 3.35. The van der Waals surface area contributed by atoms with Crippen LogP contribution in [-0.2, 0) is 16.6 Å². The largest absolute Gasteiger partial charge is 0.328 e. The van der Waals surface area contributed by atoms with Gasteiger partial charge in [-0.1, -0.05) is 18.2 Å². The molecule has 0 spiro atoms. The molecule has 8 heteroatoms. The number of quaternary nitrogens is 1. The number of nitrogens with zero attached hydrogens (tertiary/aromatic N) is 2. The summed E-state index contributed by atoms with van der Waals surface area (Å²) in [5, 5.41) is 7.36. The molecule has 0 radical (unpaired) electrons. The van der Waals surface area contributed by atoms with Gasteiger partial charge in [-0.3, -0.25) is 0 Å². The molecule has 1 fully saturated rings. The van der Waals surface area contributed by atoms with Crippen LogP contribution in [0.3, 0.4) is 0 Å². The monoisotopic (exact) mass is 406 g/mol. The molecule has 3 aromatic rings. The van der Waals surface area contributed by atoms with Crippen LogP contribution < -0.4 is 4.90 Å². The van der Waals surface area contributed by atoms with Crippen LogP contribution in [0.15, 0.2) is 57.4 Å². The molecule has 0 unspecified atom stereocenters. The van der Waals surface area contributed by atoms with Gasteiger partial charge in [-0.05, 0) is 23.6 Å². The van der Waals surface area contributed by atoms with Gasteiger partial charge in [0.05, 0.1) is 31.1 Å². The van der Waals surface area contributed by atoms with E-state index in [1.54, 1.807) is 51.2 Å². The van der Waals surface area contributed by atoms with Crippen molar-refractivity contribution in [3.05, 3.63) is 58.2 Å². The van der Waals surface area contributed by atoms with E-state index in [1.807, 2.05) is 6.07 Å². The standard InChI is InChI=1S/C18H19N3O2S3/c22-26(23,17-4-2-1-3-5-17)21-9-7-20(8-10-21)12-16-14-25-18(19-16)15-6-11-24-13-15/h1-6,11,13-14H,7-10,12H2/p+1. The van der Waals surface area contributed by atoms with Crippen LogP contribution >= 0.6 is 22.7 Å². The average molecular weight is 407 g/mol. The van der Waals surface area contributed by atoms with Gasteiger partial charge in [0.2, 0.25) is 10.0 Å². The van der Waals surface area contributed by atoms with Crippen LogP contribution in [0.2, 0.25) is 0 Å². The van der Waals surface area contributed by atoms with Crippen LogP contribution in [0, 0.1) is 0 Å². The third-order valence-corrected chi connectivity index (χ3v) is 8.10. The maximum absolute atomic E-state index is 12.7. The molecule has 1 N–H and O–H groups in total. The number of nitrogens with one attached hydrogen (secondary N) is 1. The number of rotatable bonds is 5. The molecule has 2 aromatic heterocycles. The molecule has 0 saturated carbocycles. The molecule has 1 aromatic carbocycles. The Morgan fingerprint density at radius 1 is 1.08 bits per heavy atom. The smallest absolute Gasteiger partial charge is 0.243 e. The normalized spacial score (nSPS) is 16.8. The lowest BCUT2D eigenvalue weighted by Crippen LogP contribution is -3.13. The Balaban J connectivity index is 1.37. The average Bonchev–Trinajstić information content (AvgIpc) is 3.34. The minimum absolute atomic E-state index is 0.378. The minimum Gasteiger partial charge on any atom is -0.328 e. The van der Waals surface area contributed by atoms with E-state index in [-0.39, 0.29) is 0 Å². The number of thiophene rings is 1. The summed E-state index contributed by atoms with van der Waals surface area (Å²) < 4.78 is 27.0. The van der Waals surface area contributed by atoms with Crippen molar-refractivity contribution >= 4 is 32.7 Å². The zero-order valence-corrected chi connectivity index (χ0v) is 16.6. The first-order valence-electron chi connectivity index (χ1n) is 8.49. The van der Waals surface area contributed by atoms with Crippen LogP contribution in [0.4, 0.5) is 0 Å². The van der Waals surface area contributed by atoms with Crippen molar-refractivity contribution in [2.45, 2.75) is 11.4 Å². The van der Waals surface area contributed by atoms with Crippen molar-refractivity contribution in [3.8, 4) is 10.6 Å². The first-order chi connectivity index (χ1) is 12.6. The predicted molar refractivity (Wildman–Crippen MR) is 105 cm³/mol. The lowest BCUT2D eigenvalue weighted by Gasteiger charge is -2.31. The summed E-state index contributed by atoms with van der Waals surface area (Å²) in [4.78, 5) is 6.49. The van der Waals surface area contributed by atoms with Crippen molar-refractivity contribution in [2.24, 2.45) is 0 Å². The molecule has 1 aliphatic heterocycles. The number of piperazine rings is 1. The van der Waals surface area contributed by atoms with E-state index >= 15 is 0 Å². The Morgan fingerprint density at radius 3 is 2.54 bits per heavy atom. The molecule has 1 saturated heterocycles. The number of hydrogen-bond acceptors (Lipinski definition) is 5. The van der Waals surface area contributed by atoms with E-state index in [1.165, 1.54) is 10.5 Å². The molecule has 0 atom stereocenters. The molecular formula is C18H20N3O2S3+. The third-order valence-electron chi connectivity index (χ3n) is 4.56. The first-order valence-corrected chi connectivity index (χ1v) is 11.7. The molecule has 136 valence electrons. The van der Waals surface area contributed by atoms with Crippen molar-refractivity contribution in [2.75, 3.05) is 26.2 Å². The first kappa shape index (κ1) is 17.8. The molecule has 0 aliphatic carbocycles. The molecule has 0 amide bonds. The molecular weight excluding hydrogens is 386 g/mol. The second-order valence-electron chi connectivity index (χ2n) is 6.30. The zero-order chi connectivity index (χ0) is 18.0. The lowest BCUT2D eigenvalue weighted by atomic mass is 10.3. The molecule has 26 heavy (non-hydrogen) atoms. The number of benzene rings is 1. The fraction of sp³-hybridized carbons (Fsp3) is 0.278. The Hall–Kier alpha value is -1.58. The van der Waals surface area contributed by atoms with E-state index in [2.05, 4.69) is 22.2 Å². The van der Waals surface area contributed by atoms with Crippen LogP contribution in [0.1, 0.15) is 5.69 Å². The Kier molecular flexibility index (Phi) is 5.19. The SMILES string of the molecule is O=S(=O)(c1ccccc1)N1CC[NH+](Cc2csc(-c3ccsc3)n2)CC1. The number of sulfonamides is 1. The van der Waals surface area contributed by atoms with Gasteiger partial charge in [-0.25, -0.2) is 13.4 Å². The van der Waals surface area contributed by atoms with E-state index in [9.17, 15) is 8.42 Å². The second kappa shape index (κ2) is 7.58. The van der Waals surface area contributed by atoms with Gasteiger partial charge < -0.3 is 4.90 Å². The minimum atomic E-state index is -3.38. The summed E-state index contributed by atoms with van der Waals surface area (Å²) in [6.45, 7) is 3.55. The summed E-state index contributed by atoms with van der Waals surface area (Å²) in [6.07, 6.45) is 0. The van der Waals surface area contributed by atoms with Crippen molar-refractivity contribution in [1.82, 2.24) is 9.29 Å². The Morgan fingerprint density at radius 2 is 1.85 bits per heavy atom. The highest BCUT2D eigenvalue weighted by molar-refractivity contribution is 7.89. The van der Waals surface area contributed by atoms with E-state index in [0.29, 0.717) is 18.0 Å². The quantitative estimate of drug-likeness (QED) is 0.705. The van der Waals surface area contributed by atoms with Crippen molar-refractivity contribution in [3.63, 3.8) is 0 Å². The summed E-state index contributed by atoms with van der Waals surface area (Å²) in [6, 6.07) is 10.8. The summed E-state index contributed by atoms with van der Waals surface area (Å²) in [5.41, 5.74) is 2.27. The highest BCUT2D eigenvalue weighted by atomic mass is 32.2. The zero-order valence-electron chi connectivity index (χ0n) is 14.2. The topological polar surface area (TPSA) is 54.7 Å². The van der Waals surface area contributed by atoms with Crippen molar-refractivity contribution < 1.29 is 13.3 Å². The van der Waals surface area contributed by atoms with Crippen LogP contribution in [0.25, 0.3) is 10.6 Å². The fourth-order valence-electron chi connectivity index (χ4n) is 3.12. The predicted octanol–water partition coefficient (Wildman–Crippen LogP) is 1.96. The van der Waals surface area contributed by atoms with Gasteiger partial charge in [0, 0.05) is 16.3 Å². The second-order valence-corrected chi connectivity index (χ2v) is 9.88. The lowest BCUT2D eigenvalue weighted by molar-refractivity contribution is -0.917. The molecule has 3 heterocycles. The maximum atomic E-state index is 12.7. The Bertz CT molecular complexity index is 945. The number of thiazole rings is 1. The Labute approximate surface area is 161 Å². The highest BCUT2D eigenvalue weighted by Gasteiger charge is 2.30.